The molecule has 22 heavy (non-hydrogen) atoms. The van der Waals surface area contributed by atoms with Gasteiger partial charge in [0.25, 0.3) is 0 Å². The van der Waals surface area contributed by atoms with Crippen molar-refractivity contribution in [3.05, 3.63) is 83.9 Å². The van der Waals surface area contributed by atoms with Crippen molar-refractivity contribution in [3.63, 3.8) is 0 Å². The maximum Gasteiger partial charge on any atom is 0.149 e. The molecule has 0 saturated carbocycles. The van der Waals surface area contributed by atoms with E-state index in [1.807, 2.05) is 18.2 Å². The summed E-state index contributed by atoms with van der Waals surface area (Å²) in [5.41, 5.74) is 6.21. The summed E-state index contributed by atoms with van der Waals surface area (Å²) in [4.78, 5) is 0. The van der Waals surface area contributed by atoms with Gasteiger partial charge >= 0.3 is 0 Å². The van der Waals surface area contributed by atoms with E-state index in [0.717, 1.165) is 11.4 Å². The molecule has 0 radical (unpaired) electrons. The minimum atomic E-state index is 0.0148. The van der Waals surface area contributed by atoms with Crippen LogP contribution in [0.25, 0.3) is 11.1 Å². The summed E-state index contributed by atoms with van der Waals surface area (Å²) in [6, 6.07) is 25.5. The zero-order valence-electron chi connectivity index (χ0n) is 12.0. The van der Waals surface area contributed by atoms with Crippen LogP contribution in [0.3, 0.4) is 0 Å². The summed E-state index contributed by atoms with van der Waals surface area (Å²) in [6.07, 6.45) is 0.0148. The number of rotatable bonds is 0. The van der Waals surface area contributed by atoms with Crippen molar-refractivity contribution in [1.82, 2.24) is 0 Å². The van der Waals surface area contributed by atoms with Gasteiger partial charge in [0.2, 0.25) is 0 Å². The van der Waals surface area contributed by atoms with Crippen molar-refractivity contribution in [1.29, 1.82) is 0 Å². The number of benzene rings is 3. The quantitative estimate of drug-likeness (QED) is 0.630. The number of hydrogen-bond donors (Lipinski definition) is 1. The first-order chi connectivity index (χ1) is 10.9. The molecule has 2 aliphatic rings. The van der Waals surface area contributed by atoms with Crippen molar-refractivity contribution in [2.24, 2.45) is 0 Å². The fraction of sp³-hybridized carbons (Fsp3) is 0.100. The van der Waals surface area contributed by atoms with Crippen LogP contribution in [-0.2, 0) is 0 Å². The fourth-order valence-corrected chi connectivity index (χ4v) is 3.62. The summed E-state index contributed by atoms with van der Waals surface area (Å²) in [6.45, 7) is 0. The highest BCUT2D eigenvalue weighted by Crippen LogP contribution is 2.51. The van der Waals surface area contributed by atoms with Crippen LogP contribution in [0, 0.1) is 0 Å². The van der Waals surface area contributed by atoms with Crippen LogP contribution in [0.5, 0.6) is 5.75 Å². The Morgan fingerprint density at radius 3 is 2.18 bits per heavy atom. The normalized spacial score (nSPS) is 20.5. The lowest BCUT2D eigenvalue weighted by atomic mass is 9.80. The molecule has 0 saturated heterocycles. The number of fused-ring (bicyclic) bond motifs is 7. The maximum absolute atomic E-state index is 6.36. The van der Waals surface area contributed by atoms with Crippen molar-refractivity contribution < 1.29 is 4.74 Å². The molecule has 2 atom stereocenters. The summed E-state index contributed by atoms with van der Waals surface area (Å²) in [7, 11) is 0. The summed E-state index contributed by atoms with van der Waals surface area (Å²) >= 11 is 0. The van der Waals surface area contributed by atoms with Crippen molar-refractivity contribution in [2.45, 2.75) is 12.1 Å². The van der Waals surface area contributed by atoms with Crippen LogP contribution in [0.4, 0.5) is 5.69 Å². The zero-order valence-corrected chi connectivity index (χ0v) is 12.0. The summed E-state index contributed by atoms with van der Waals surface area (Å²) in [5, 5.41) is 3.67. The second kappa shape index (κ2) is 4.38. The van der Waals surface area contributed by atoms with Gasteiger partial charge in [0.1, 0.15) is 11.9 Å². The van der Waals surface area contributed by atoms with Gasteiger partial charge in [-0.2, -0.15) is 0 Å². The molecule has 5 rings (SSSR count). The van der Waals surface area contributed by atoms with Gasteiger partial charge in [-0.3, -0.25) is 0 Å². The van der Waals surface area contributed by atoms with Gasteiger partial charge in [-0.05, 0) is 28.8 Å². The predicted molar refractivity (Wildman–Crippen MR) is 88.1 cm³/mol. The smallest absolute Gasteiger partial charge is 0.149 e. The number of nitrogens with one attached hydrogen (secondary N) is 1. The van der Waals surface area contributed by atoms with E-state index in [4.69, 9.17) is 4.74 Å². The molecular formula is C20H15NO. The largest absolute Gasteiger partial charge is 0.481 e. The van der Waals surface area contributed by atoms with Gasteiger partial charge in [-0.1, -0.05) is 60.7 Å². The average molecular weight is 285 g/mol. The lowest BCUT2D eigenvalue weighted by molar-refractivity contribution is 0.170. The third-order valence-electron chi connectivity index (χ3n) is 4.61. The molecule has 0 aromatic heterocycles. The molecule has 0 fully saturated rings. The number of anilines is 1. The molecule has 1 heterocycles. The Kier molecular flexibility index (Phi) is 2.36. The summed E-state index contributed by atoms with van der Waals surface area (Å²) in [5.74, 6) is 0.929. The Labute approximate surface area is 129 Å². The highest BCUT2D eigenvalue weighted by Gasteiger charge is 2.38. The maximum atomic E-state index is 6.36. The van der Waals surface area contributed by atoms with Crippen LogP contribution in [-0.4, -0.2) is 0 Å². The predicted octanol–water partition coefficient (Wildman–Crippen LogP) is 4.95. The lowest BCUT2D eigenvalue weighted by Crippen LogP contribution is -2.31. The molecule has 1 aliphatic carbocycles. The monoisotopic (exact) mass is 285 g/mol. The first-order valence-corrected chi connectivity index (χ1v) is 7.62. The topological polar surface area (TPSA) is 21.3 Å². The van der Waals surface area contributed by atoms with Gasteiger partial charge in [0.15, 0.2) is 0 Å². The number of ether oxygens (including phenoxy) is 1. The van der Waals surface area contributed by atoms with Crippen LogP contribution >= 0.6 is 0 Å². The SMILES string of the molecule is c1ccc2c(c1)NC1c3ccccc3-c3ccccc3C1O2. The van der Waals surface area contributed by atoms with Crippen LogP contribution in [0.2, 0.25) is 0 Å². The highest BCUT2D eigenvalue weighted by molar-refractivity contribution is 5.77. The number of hydrogen-bond acceptors (Lipinski definition) is 2. The molecule has 0 bridgehead atoms. The van der Waals surface area contributed by atoms with Gasteiger partial charge in [-0.25, -0.2) is 0 Å². The first-order valence-electron chi connectivity index (χ1n) is 7.62. The van der Waals surface area contributed by atoms with E-state index in [-0.39, 0.29) is 12.1 Å². The molecule has 3 aromatic rings. The lowest BCUT2D eigenvalue weighted by Gasteiger charge is -2.40. The Morgan fingerprint density at radius 2 is 1.32 bits per heavy atom. The Bertz CT molecular complexity index is 798. The van der Waals surface area contributed by atoms with Gasteiger partial charge < -0.3 is 10.1 Å². The van der Waals surface area contributed by atoms with Crippen molar-refractivity contribution >= 4 is 5.69 Å². The summed E-state index contributed by atoms with van der Waals surface area (Å²) < 4.78 is 6.36. The fourth-order valence-electron chi connectivity index (χ4n) is 3.62. The second-order valence-corrected chi connectivity index (χ2v) is 5.83. The molecule has 1 aliphatic heterocycles. The minimum Gasteiger partial charge on any atom is -0.481 e. The third-order valence-corrected chi connectivity index (χ3v) is 4.61. The van der Waals surface area contributed by atoms with E-state index in [9.17, 15) is 0 Å². The van der Waals surface area contributed by atoms with E-state index in [2.05, 4.69) is 59.9 Å². The molecule has 2 nitrogen and oxygen atoms in total. The van der Waals surface area contributed by atoms with E-state index in [1.54, 1.807) is 0 Å². The third kappa shape index (κ3) is 1.55. The van der Waals surface area contributed by atoms with E-state index in [1.165, 1.54) is 22.3 Å². The highest BCUT2D eigenvalue weighted by atomic mass is 16.5. The Hall–Kier alpha value is -2.74. The Morgan fingerprint density at radius 1 is 0.682 bits per heavy atom. The van der Waals surface area contributed by atoms with E-state index < -0.39 is 0 Å². The second-order valence-electron chi connectivity index (χ2n) is 5.83. The molecule has 3 aromatic carbocycles. The molecule has 0 amide bonds. The van der Waals surface area contributed by atoms with Gasteiger partial charge in [0, 0.05) is 5.56 Å². The number of para-hydroxylation sites is 2. The molecule has 2 unspecified atom stereocenters. The van der Waals surface area contributed by atoms with Crippen LogP contribution in [0.1, 0.15) is 23.3 Å². The van der Waals surface area contributed by atoms with E-state index in [0.29, 0.717) is 0 Å². The van der Waals surface area contributed by atoms with Crippen molar-refractivity contribution in [2.75, 3.05) is 5.32 Å². The van der Waals surface area contributed by atoms with Gasteiger partial charge in [-0.15, -0.1) is 0 Å². The van der Waals surface area contributed by atoms with Gasteiger partial charge in [0.05, 0.1) is 11.7 Å². The molecule has 1 N–H and O–H groups in total. The zero-order chi connectivity index (χ0) is 14.5. The Balaban J connectivity index is 1.76. The minimum absolute atomic E-state index is 0.0148. The first kappa shape index (κ1) is 11.9. The standard InChI is InChI=1S/C20H15NO/c1-3-9-15-13(7-1)14-8-2-4-10-16(14)20-19(15)21-17-11-5-6-12-18(17)22-20/h1-12,19-21H. The van der Waals surface area contributed by atoms with Crippen molar-refractivity contribution in [3.8, 4) is 16.9 Å². The van der Waals surface area contributed by atoms with Crippen LogP contribution in [0.15, 0.2) is 72.8 Å². The molecule has 2 heteroatoms. The average Bonchev–Trinajstić information content (AvgIpc) is 2.61. The molecule has 106 valence electrons. The molecule has 0 spiro atoms. The van der Waals surface area contributed by atoms with Crippen LogP contribution < -0.4 is 10.1 Å². The van der Waals surface area contributed by atoms with E-state index >= 15 is 0 Å². The molecular weight excluding hydrogens is 270 g/mol.